The van der Waals surface area contributed by atoms with Crippen molar-refractivity contribution in [3.63, 3.8) is 0 Å². The molecule has 0 aromatic carbocycles. The smallest absolute Gasteiger partial charge is 0.407 e. The van der Waals surface area contributed by atoms with Gasteiger partial charge >= 0.3 is 6.09 Å². The fourth-order valence-electron chi connectivity index (χ4n) is 1.64. The summed E-state index contributed by atoms with van der Waals surface area (Å²) in [6.07, 6.45) is -0.368. The molecular weight excluding hydrogens is 206 g/mol. The van der Waals surface area contributed by atoms with Gasteiger partial charge in [0, 0.05) is 39.3 Å². The molecule has 0 unspecified atom stereocenters. The first-order chi connectivity index (χ1) is 7.58. The van der Waals surface area contributed by atoms with Gasteiger partial charge in [0.05, 0.1) is 6.10 Å². The summed E-state index contributed by atoms with van der Waals surface area (Å²) in [5.74, 6) is 0. The van der Waals surface area contributed by atoms with Crippen molar-refractivity contribution in [2.75, 3.05) is 46.3 Å². The van der Waals surface area contributed by atoms with Crippen molar-refractivity contribution >= 4 is 6.09 Å². The van der Waals surface area contributed by atoms with E-state index in [0.717, 1.165) is 32.7 Å². The van der Waals surface area contributed by atoms with Crippen LogP contribution in [0.2, 0.25) is 0 Å². The van der Waals surface area contributed by atoms with E-state index in [1.54, 1.807) is 0 Å². The molecule has 5 heteroatoms. The molecule has 1 aliphatic rings. The van der Waals surface area contributed by atoms with Crippen LogP contribution in [0.4, 0.5) is 4.79 Å². The van der Waals surface area contributed by atoms with Crippen LogP contribution in [0.15, 0.2) is 0 Å². The van der Waals surface area contributed by atoms with Crippen LogP contribution in [0.3, 0.4) is 0 Å². The Kier molecular flexibility index (Phi) is 5.55. The lowest BCUT2D eigenvalue weighted by molar-refractivity contribution is 0.112. The molecule has 1 aliphatic heterocycles. The number of carbonyl (C=O) groups excluding carboxylic acids is 1. The summed E-state index contributed by atoms with van der Waals surface area (Å²) in [4.78, 5) is 15.9. The molecule has 1 amide bonds. The Morgan fingerprint density at radius 2 is 1.94 bits per heavy atom. The summed E-state index contributed by atoms with van der Waals surface area (Å²) in [6.45, 7) is 9.64. The molecule has 0 spiro atoms. The number of ether oxygens (including phenoxy) is 1. The molecule has 1 heterocycles. The minimum atomic E-state index is -0.316. The van der Waals surface area contributed by atoms with Gasteiger partial charge in [0.2, 0.25) is 0 Å². The molecule has 0 radical (unpaired) electrons. The average molecular weight is 229 g/mol. The number of carbonyl (C=O) groups is 1. The van der Waals surface area contributed by atoms with Crippen molar-refractivity contribution in [1.82, 2.24) is 15.1 Å². The number of nitrogens with zero attached hydrogens (tertiary/aromatic N) is 2. The molecule has 0 aromatic rings. The van der Waals surface area contributed by atoms with Crippen LogP contribution in [-0.4, -0.2) is 68.3 Å². The second-order valence-corrected chi connectivity index (χ2v) is 4.53. The van der Waals surface area contributed by atoms with Crippen LogP contribution in [-0.2, 0) is 4.74 Å². The lowest BCUT2D eigenvalue weighted by Gasteiger charge is -2.32. The lowest BCUT2D eigenvalue weighted by Crippen LogP contribution is -2.47. The Labute approximate surface area is 97.7 Å². The Balaban J connectivity index is 2.04. The zero-order chi connectivity index (χ0) is 12.0. The molecule has 5 nitrogen and oxygen atoms in total. The van der Waals surface area contributed by atoms with E-state index in [4.69, 9.17) is 4.74 Å². The first kappa shape index (κ1) is 13.3. The molecule has 1 fully saturated rings. The van der Waals surface area contributed by atoms with Gasteiger partial charge in [-0.15, -0.1) is 0 Å². The topological polar surface area (TPSA) is 44.8 Å². The third kappa shape index (κ3) is 5.32. The SMILES string of the molecule is CC(C)OC(=O)NCCN1CCN(C)CC1. The fourth-order valence-corrected chi connectivity index (χ4v) is 1.64. The highest BCUT2D eigenvalue weighted by Crippen LogP contribution is 1.97. The summed E-state index contributed by atoms with van der Waals surface area (Å²) >= 11 is 0. The van der Waals surface area contributed by atoms with Gasteiger partial charge in [-0.25, -0.2) is 4.79 Å². The van der Waals surface area contributed by atoms with Crippen molar-refractivity contribution in [3.05, 3.63) is 0 Å². The van der Waals surface area contributed by atoms with Gasteiger partial charge in [-0.2, -0.15) is 0 Å². The molecule has 94 valence electrons. The normalized spacial score (nSPS) is 18.8. The van der Waals surface area contributed by atoms with E-state index in [-0.39, 0.29) is 12.2 Å². The van der Waals surface area contributed by atoms with Crippen molar-refractivity contribution in [2.45, 2.75) is 20.0 Å². The van der Waals surface area contributed by atoms with E-state index in [2.05, 4.69) is 22.2 Å². The van der Waals surface area contributed by atoms with Crippen LogP contribution in [0.25, 0.3) is 0 Å². The number of hydrogen-bond donors (Lipinski definition) is 1. The maximum Gasteiger partial charge on any atom is 0.407 e. The monoisotopic (exact) mass is 229 g/mol. The van der Waals surface area contributed by atoms with Gasteiger partial charge in [0.15, 0.2) is 0 Å². The summed E-state index contributed by atoms with van der Waals surface area (Å²) in [5, 5.41) is 2.76. The van der Waals surface area contributed by atoms with E-state index in [1.807, 2.05) is 13.8 Å². The second kappa shape index (κ2) is 6.70. The molecule has 1 saturated heterocycles. The van der Waals surface area contributed by atoms with Gasteiger partial charge in [-0.1, -0.05) is 0 Å². The number of piperazine rings is 1. The fraction of sp³-hybridized carbons (Fsp3) is 0.909. The van der Waals surface area contributed by atoms with Gasteiger partial charge in [-0.3, -0.25) is 4.90 Å². The third-order valence-corrected chi connectivity index (χ3v) is 2.64. The van der Waals surface area contributed by atoms with E-state index in [1.165, 1.54) is 0 Å². The highest BCUT2D eigenvalue weighted by atomic mass is 16.6. The van der Waals surface area contributed by atoms with E-state index < -0.39 is 0 Å². The average Bonchev–Trinajstić information content (AvgIpc) is 2.20. The molecular formula is C11H23N3O2. The van der Waals surface area contributed by atoms with Crippen LogP contribution in [0.5, 0.6) is 0 Å². The summed E-state index contributed by atoms with van der Waals surface area (Å²) < 4.78 is 4.98. The Bertz CT molecular complexity index is 213. The Morgan fingerprint density at radius 1 is 1.31 bits per heavy atom. The van der Waals surface area contributed by atoms with Crippen molar-refractivity contribution < 1.29 is 9.53 Å². The predicted octanol–water partition coefficient (Wildman–Crippen LogP) is 0.368. The van der Waals surface area contributed by atoms with Crippen LogP contribution in [0, 0.1) is 0 Å². The zero-order valence-electron chi connectivity index (χ0n) is 10.5. The summed E-state index contributed by atoms with van der Waals surface area (Å²) in [5.41, 5.74) is 0. The Morgan fingerprint density at radius 3 is 2.50 bits per heavy atom. The minimum absolute atomic E-state index is 0.0522. The molecule has 1 N–H and O–H groups in total. The highest BCUT2D eigenvalue weighted by Gasteiger charge is 2.13. The summed E-state index contributed by atoms with van der Waals surface area (Å²) in [6, 6.07) is 0. The van der Waals surface area contributed by atoms with Crippen LogP contribution >= 0.6 is 0 Å². The largest absolute Gasteiger partial charge is 0.447 e. The molecule has 0 aliphatic carbocycles. The van der Waals surface area contributed by atoms with Crippen molar-refractivity contribution in [1.29, 1.82) is 0 Å². The standard InChI is InChI=1S/C11H23N3O2/c1-10(2)16-11(15)12-4-5-14-8-6-13(3)7-9-14/h10H,4-9H2,1-3H3,(H,12,15). The highest BCUT2D eigenvalue weighted by molar-refractivity contribution is 5.67. The van der Waals surface area contributed by atoms with Gasteiger partial charge < -0.3 is 15.0 Å². The van der Waals surface area contributed by atoms with E-state index >= 15 is 0 Å². The number of amides is 1. The number of nitrogens with one attached hydrogen (secondary N) is 1. The maximum atomic E-state index is 11.2. The predicted molar refractivity (Wildman–Crippen MR) is 63.6 cm³/mol. The molecule has 0 bridgehead atoms. The molecule has 1 rings (SSSR count). The Hall–Kier alpha value is -0.810. The molecule has 0 atom stereocenters. The zero-order valence-corrected chi connectivity index (χ0v) is 10.5. The number of alkyl carbamates (subject to hydrolysis) is 1. The minimum Gasteiger partial charge on any atom is -0.447 e. The maximum absolute atomic E-state index is 11.2. The first-order valence-electron chi connectivity index (χ1n) is 5.93. The van der Waals surface area contributed by atoms with Crippen LogP contribution < -0.4 is 5.32 Å². The van der Waals surface area contributed by atoms with Crippen LogP contribution in [0.1, 0.15) is 13.8 Å². The van der Waals surface area contributed by atoms with Gasteiger partial charge in [-0.05, 0) is 20.9 Å². The van der Waals surface area contributed by atoms with Gasteiger partial charge in [0.1, 0.15) is 0 Å². The number of rotatable bonds is 4. The van der Waals surface area contributed by atoms with E-state index in [0.29, 0.717) is 6.54 Å². The second-order valence-electron chi connectivity index (χ2n) is 4.53. The summed E-state index contributed by atoms with van der Waals surface area (Å²) in [7, 11) is 2.13. The van der Waals surface area contributed by atoms with Gasteiger partial charge in [0.25, 0.3) is 0 Å². The van der Waals surface area contributed by atoms with E-state index in [9.17, 15) is 4.79 Å². The lowest BCUT2D eigenvalue weighted by atomic mass is 10.3. The van der Waals surface area contributed by atoms with Crippen molar-refractivity contribution in [3.8, 4) is 0 Å². The molecule has 16 heavy (non-hydrogen) atoms. The quantitative estimate of drug-likeness (QED) is 0.756. The van der Waals surface area contributed by atoms with Crippen molar-refractivity contribution in [2.24, 2.45) is 0 Å². The molecule has 0 saturated carbocycles. The number of hydrogen-bond acceptors (Lipinski definition) is 4. The third-order valence-electron chi connectivity index (χ3n) is 2.64. The molecule has 0 aromatic heterocycles. The number of likely N-dealkylation sites (N-methyl/N-ethyl adjacent to an activating group) is 1. The first-order valence-corrected chi connectivity index (χ1v) is 5.93.